The van der Waals surface area contributed by atoms with E-state index in [-0.39, 0.29) is 11.7 Å². The third kappa shape index (κ3) is 3.41. The van der Waals surface area contributed by atoms with Crippen molar-refractivity contribution in [3.63, 3.8) is 0 Å². The summed E-state index contributed by atoms with van der Waals surface area (Å²) < 4.78 is 13.7. The van der Waals surface area contributed by atoms with Gasteiger partial charge in [-0.1, -0.05) is 0 Å². The minimum atomic E-state index is -0.310. The summed E-state index contributed by atoms with van der Waals surface area (Å²) in [5, 5.41) is 7.47. The number of benzene rings is 1. The molecule has 3 rings (SSSR count). The van der Waals surface area contributed by atoms with Gasteiger partial charge in [0.2, 0.25) is 0 Å². The molecule has 0 saturated carbocycles. The third-order valence-electron chi connectivity index (χ3n) is 4.56. The lowest BCUT2D eigenvalue weighted by Crippen LogP contribution is -2.36. The van der Waals surface area contributed by atoms with Crippen LogP contribution in [-0.2, 0) is 6.54 Å². The van der Waals surface area contributed by atoms with Crippen LogP contribution in [0.2, 0.25) is 0 Å². The number of amidine groups is 1. The topological polar surface area (TPSA) is 56.4 Å². The SMILES string of the molecule is N=C(N)c1cc(F)cc(CN2CCCN3CCCC3C2)c1. The van der Waals surface area contributed by atoms with Gasteiger partial charge in [0.05, 0.1) is 0 Å². The Morgan fingerprint density at radius 3 is 2.86 bits per heavy atom. The highest BCUT2D eigenvalue weighted by atomic mass is 19.1. The molecule has 1 aromatic carbocycles. The van der Waals surface area contributed by atoms with Crippen molar-refractivity contribution in [2.75, 3.05) is 26.2 Å². The zero-order chi connectivity index (χ0) is 14.8. The molecule has 0 radical (unpaired) electrons. The van der Waals surface area contributed by atoms with Crippen LogP contribution in [0.4, 0.5) is 4.39 Å². The molecule has 1 atom stereocenters. The van der Waals surface area contributed by atoms with Gasteiger partial charge < -0.3 is 5.73 Å². The maximum absolute atomic E-state index is 13.7. The molecule has 0 spiro atoms. The lowest BCUT2D eigenvalue weighted by atomic mass is 10.1. The van der Waals surface area contributed by atoms with E-state index in [9.17, 15) is 4.39 Å². The van der Waals surface area contributed by atoms with Crippen molar-refractivity contribution in [2.24, 2.45) is 5.73 Å². The molecule has 0 aliphatic carbocycles. The second-order valence-electron chi connectivity index (χ2n) is 6.18. The number of hydrogen-bond donors (Lipinski definition) is 2. The first-order valence-corrected chi connectivity index (χ1v) is 7.72. The fourth-order valence-electron chi connectivity index (χ4n) is 3.58. The number of rotatable bonds is 3. The molecule has 5 heteroatoms. The van der Waals surface area contributed by atoms with Crippen molar-refractivity contribution in [1.29, 1.82) is 5.41 Å². The summed E-state index contributed by atoms with van der Waals surface area (Å²) in [6, 6.07) is 5.38. The minimum Gasteiger partial charge on any atom is -0.384 e. The van der Waals surface area contributed by atoms with E-state index in [1.54, 1.807) is 6.07 Å². The maximum atomic E-state index is 13.7. The fourth-order valence-corrected chi connectivity index (χ4v) is 3.58. The van der Waals surface area contributed by atoms with Crippen LogP contribution in [-0.4, -0.2) is 47.9 Å². The molecule has 1 unspecified atom stereocenters. The Labute approximate surface area is 125 Å². The van der Waals surface area contributed by atoms with E-state index in [0.717, 1.165) is 25.2 Å². The number of nitrogens with one attached hydrogen (secondary N) is 1. The van der Waals surface area contributed by atoms with Gasteiger partial charge in [-0.15, -0.1) is 0 Å². The van der Waals surface area contributed by atoms with E-state index >= 15 is 0 Å². The lowest BCUT2D eigenvalue weighted by molar-refractivity contribution is 0.215. The minimum absolute atomic E-state index is 0.0754. The molecule has 2 saturated heterocycles. The summed E-state index contributed by atoms with van der Waals surface area (Å²) in [7, 11) is 0. The van der Waals surface area contributed by atoms with Gasteiger partial charge in [-0.05, 0) is 62.7 Å². The molecule has 0 bridgehead atoms. The number of nitrogens with two attached hydrogens (primary N) is 1. The van der Waals surface area contributed by atoms with Crippen LogP contribution in [0.5, 0.6) is 0 Å². The third-order valence-corrected chi connectivity index (χ3v) is 4.56. The number of hydrogen-bond acceptors (Lipinski definition) is 3. The van der Waals surface area contributed by atoms with Crippen molar-refractivity contribution >= 4 is 5.84 Å². The van der Waals surface area contributed by atoms with Crippen LogP contribution in [0, 0.1) is 11.2 Å². The molecule has 2 aliphatic rings. The Bertz CT molecular complexity index is 531. The smallest absolute Gasteiger partial charge is 0.124 e. The van der Waals surface area contributed by atoms with Crippen molar-refractivity contribution in [1.82, 2.24) is 9.80 Å². The highest BCUT2D eigenvalue weighted by Gasteiger charge is 2.28. The van der Waals surface area contributed by atoms with E-state index in [0.29, 0.717) is 11.6 Å². The normalized spacial score (nSPS) is 23.8. The first-order chi connectivity index (χ1) is 10.1. The van der Waals surface area contributed by atoms with E-state index < -0.39 is 0 Å². The van der Waals surface area contributed by atoms with Crippen LogP contribution in [0.1, 0.15) is 30.4 Å². The molecule has 2 fully saturated rings. The average molecular weight is 290 g/mol. The summed E-state index contributed by atoms with van der Waals surface area (Å²) >= 11 is 0. The van der Waals surface area contributed by atoms with E-state index in [1.807, 2.05) is 6.07 Å². The fraction of sp³-hybridized carbons (Fsp3) is 0.562. The number of nitrogens with zero attached hydrogens (tertiary/aromatic N) is 2. The summed E-state index contributed by atoms with van der Waals surface area (Å²) in [5.74, 6) is -0.386. The molecule has 2 heterocycles. The Hall–Kier alpha value is -1.46. The summed E-state index contributed by atoms with van der Waals surface area (Å²) in [4.78, 5) is 5.00. The first kappa shape index (κ1) is 14.5. The average Bonchev–Trinajstić information content (AvgIpc) is 2.77. The van der Waals surface area contributed by atoms with E-state index in [1.165, 1.54) is 38.4 Å². The predicted octanol–water partition coefficient (Wildman–Crippen LogP) is 1.78. The van der Waals surface area contributed by atoms with Crippen LogP contribution >= 0.6 is 0 Å². The zero-order valence-corrected chi connectivity index (χ0v) is 12.3. The van der Waals surface area contributed by atoms with Gasteiger partial charge in [-0.2, -0.15) is 0 Å². The Morgan fingerprint density at radius 1 is 1.24 bits per heavy atom. The summed E-state index contributed by atoms with van der Waals surface area (Å²) in [6.45, 7) is 5.27. The van der Waals surface area contributed by atoms with Gasteiger partial charge >= 0.3 is 0 Å². The molecule has 0 amide bonds. The van der Waals surface area contributed by atoms with Crippen molar-refractivity contribution in [2.45, 2.75) is 31.8 Å². The van der Waals surface area contributed by atoms with Gasteiger partial charge in [0.1, 0.15) is 11.7 Å². The molecule has 2 aliphatic heterocycles. The highest BCUT2D eigenvalue weighted by molar-refractivity contribution is 5.95. The van der Waals surface area contributed by atoms with Crippen LogP contribution in [0.25, 0.3) is 0 Å². The quantitative estimate of drug-likeness (QED) is 0.659. The molecule has 114 valence electrons. The van der Waals surface area contributed by atoms with Crippen molar-refractivity contribution < 1.29 is 4.39 Å². The summed E-state index contributed by atoms with van der Waals surface area (Å²) in [5.41, 5.74) is 6.86. The molecule has 4 nitrogen and oxygen atoms in total. The zero-order valence-electron chi connectivity index (χ0n) is 12.3. The van der Waals surface area contributed by atoms with Crippen LogP contribution in [0.3, 0.4) is 0 Å². The monoisotopic (exact) mass is 290 g/mol. The summed E-state index contributed by atoms with van der Waals surface area (Å²) in [6.07, 6.45) is 3.75. The Kier molecular flexibility index (Phi) is 4.22. The molecular formula is C16H23FN4. The number of fused-ring (bicyclic) bond motifs is 1. The van der Waals surface area contributed by atoms with Crippen LogP contribution < -0.4 is 5.73 Å². The van der Waals surface area contributed by atoms with E-state index in [4.69, 9.17) is 11.1 Å². The molecular weight excluding hydrogens is 267 g/mol. The Balaban J connectivity index is 1.72. The molecule has 0 aromatic heterocycles. The van der Waals surface area contributed by atoms with Gasteiger partial charge in [-0.3, -0.25) is 15.2 Å². The maximum Gasteiger partial charge on any atom is 0.124 e. The van der Waals surface area contributed by atoms with Crippen molar-refractivity contribution in [3.8, 4) is 0 Å². The second-order valence-corrected chi connectivity index (χ2v) is 6.18. The number of nitrogen functional groups attached to an aromatic ring is 1. The standard InChI is InChI=1S/C16H23FN4/c17-14-8-12(7-13(9-14)16(18)19)10-20-4-2-6-21-5-1-3-15(21)11-20/h7-9,15H,1-6,10-11H2,(H3,18,19). The second kappa shape index (κ2) is 6.12. The largest absolute Gasteiger partial charge is 0.384 e. The predicted molar refractivity (Wildman–Crippen MR) is 81.9 cm³/mol. The first-order valence-electron chi connectivity index (χ1n) is 7.72. The highest BCUT2D eigenvalue weighted by Crippen LogP contribution is 2.22. The van der Waals surface area contributed by atoms with E-state index in [2.05, 4.69) is 9.80 Å². The lowest BCUT2D eigenvalue weighted by Gasteiger charge is -2.25. The Morgan fingerprint density at radius 2 is 2.05 bits per heavy atom. The van der Waals surface area contributed by atoms with Crippen molar-refractivity contribution in [3.05, 3.63) is 35.1 Å². The number of halogens is 1. The van der Waals surface area contributed by atoms with Gasteiger partial charge in [0.15, 0.2) is 0 Å². The molecule has 21 heavy (non-hydrogen) atoms. The van der Waals surface area contributed by atoms with Gasteiger partial charge in [0.25, 0.3) is 0 Å². The van der Waals surface area contributed by atoms with Crippen LogP contribution in [0.15, 0.2) is 18.2 Å². The van der Waals surface area contributed by atoms with Gasteiger partial charge in [0, 0.05) is 24.7 Å². The van der Waals surface area contributed by atoms with Gasteiger partial charge in [-0.25, -0.2) is 4.39 Å². The molecule has 1 aromatic rings. The molecule has 3 N–H and O–H groups in total.